The molecule has 0 radical (unpaired) electrons. The molecule has 3 unspecified atom stereocenters. The number of rotatable bonds is 3. The summed E-state index contributed by atoms with van der Waals surface area (Å²) in [5.74, 6) is 0.375. The van der Waals surface area contributed by atoms with Crippen molar-refractivity contribution in [1.82, 2.24) is 9.80 Å². The van der Waals surface area contributed by atoms with Crippen LogP contribution in [0.4, 0.5) is 0 Å². The molecule has 0 amide bonds. The number of para-hydroxylation sites is 1. The highest BCUT2D eigenvalue weighted by molar-refractivity contribution is 5.41. The Hall–Kier alpha value is -1.84. The number of hydrogen-bond donors (Lipinski definition) is 1. The molecule has 3 rings (SSSR count). The van der Waals surface area contributed by atoms with Crippen molar-refractivity contribution >= 4 is 0 Å². The van der Waals surface area contributed by atoms with Crippen molar-refractivity contribution in [3.63, 3.8) is 0 Å². The second kappa shape index (κ2) is 6.73. The maximum absolute atomic E-state index is 10.4. The van der Waals surface area contributed by atoms with Crippen molar-refractivity contribution in [2.45, 2.75) is 32.0 Å². The maximum Gasteiger partial charge on any atom is 0.120 e. The lowest BCUT2D eigenvalue weighted by molar-refractivity contribution is 0.0384. The summed E-state index contributed by atoms with van der Waals surface area (Å²) < 4.78 is 0. The third kappa shape index (κ3) is 3.26. The number of phenols is 1. The van der Waals surface area contributed by atoms with Crippen molar-refractivity contribution in [1.29, 1.82) is 0 Å². The van der Waals surface area contributed by atoms with Crippen LogP contribution in [0.15, 0.2) is 54.6 Å². The van der Waals surface area contributed by atoms with Gasteiger partial charge >= 0.3 is 0 Å². The van der Waals surface area contributed by atoms with Gasteiger partial charge in [0.2, 0.25) is 0 Å². The van der Waals surface area contributed by atoms with E-state index in [2.05, 4.69) is 55.0 Å². The quantitative estimate of drug-likeness (QED) is 0.940. The number of hydrogen-bond acceptors (Lipinski definition) is 3. The number of nitrogens with zero attached hydrogens (tertiary/aromatic N) is 2. The molecule has 3 heteroatoms. The van der Waals surface area contributed by atoms with E-state index in [0.29, 0.717) is 17.8 Å². The fourth-order valence-electron chi connectivity index (χ4n) is 3.59. The number of piperazine rings is 1. The highest BCUT2D eigenvalue weighted by Gasteiger charge is 2.34. The van der Waals surface area contributed by atoms with Crippen LogP contribution in [0.2, 0.25) is 0 Å². The van der Waals surface area contributed by atoms with E-state index in [1.165, 1.54) is 5.56 Å². The van der Waals surface area contributed by atoms with Crippen LogP contribution in [-0.2, 0) is 0 Å². The number of phenolic OH excluding ortho intramolecular Hbond substituents is 1. The molecule has 1 heterocycles. The average Bonchev–Trinajstić information content (AvgIpc) is 2.55. The highest BCUT2D eigenvalue weighted by Crippen LogP contribution is 2.36. The van der Waals surface area contributed by atoms with Gasteiger partial charge in [0.25, 0.3) is 0 Å². The monoisotopic (exact) mass is 310 g/mol. The standard InChI is InChI=1S/C20H26N2O/c1-15-14-22(16(2)13-21(15)3)20(17-9-5-4-6-10-17)18-11-7-8-12-19(18)23/h4-12,15-16,20,23H,13-14H2,1-3H3. The minimum atomic E-state index is 0.0866. The average molecular weight is 310 g/mol. The van der Waals surface area contributed by atoms with Crippen LogP contribution in [-0.4, -0.2) is 47.1 Å². The van der Waals surface area contributed by atoms with Gasteiger partial charge in [0, 0.05) is 30.7 Å². The molecule has 122 valence electrons. The van der Waals surface area contributed by atoms with Crippen molar-refractivity contribution < 1.29 is 5.11 Å². The van der Waals surface area contributed by atoms with Crippen molar-refractivity contribution in [2.75, 3.05) is 20.1 Å². The first-order chi connectivity index (χ1) is 11.1. The lowest BCUT2D eigenvalue weighted by atomic mass is 9.93. The largest absolute Gasteiger partial charge is 0.508 e. The van der Waals surface area contributed by atoms with Gasteiger partial charge in [0.1, 0.15) is 5.75 Å². The van der Waals surface area contributed by atoms with E-state index >= 15 is 0 Å². The summed E-state index contributed by atoms with van der Waals surface area (Å²) in [5, 5.41) is 10.4. The Bertz CT molecular complexity index is 643. The SMILES string of the molecule is CC1CN(C(c2ccccc2)c2ccccc2O)C(C)CN1C. The first-order valence-corrected chi connectivity index (χ1v) is 8.36. The minimum Gasteiger partial charge on any atom is -0.508 e. The minimum absolute atomic E-state index is 0.0866. The van der Waals surface area contributed by atoms with Gasteiger partial charge in [0.05, 0.1) is 6.04 Å². The molecule has 0 aromatic heterocycles. The van der Waals surface area contributed by atoms with Gasteiger partial charge in [-0.25, -0.2) is 0 Å². The summed E-state index contributed by atoms with van der Waals surface area (Å²) in [5.41, 5.74) is 2.22. The third-order valence-electron chi connectivity index (χ3n) is 5.02. The van der Waals surface area contributed by atoms with Crippen LogP contribution in [0.1, 0.15) is 31.0 Å². The van der Waals surface area contributed by atoms with Crippen LogP contribution in [0, 0.1) is 0 Å². The predicted molar refractivity (Wildman–Crippen MR) is 94.7 cm³/mol. The first-order valence-electron chi connectivity index (χ1n) is 8.36. The zero-order valence-electron chi connectivity index (χ0n) is 14.2. The summed E-state index contributed by atoms with van der Waals surface area (Å²) in [6.07, 6.45) is 0. The normalized spacial score (nSPS) is 24.5. The molecule has 2 aromatic rings. The maximum atomic E-state index is 10.4. The molecular formula is C20H26N2O. The molecule has 0 bridgehead atoms. The third-order valence-corrected chi connectivity index (χ3v) is 5.02. The zero-order chi connectivity index (χ0) is 16.4. The Morgan fingerprint density at radius 1 is 0.913 bits per heavy atom. The molecular weight excluding hydrogens is 284 g/mol. The molecule has 0 aliphatic carbocycles. The topological polar surface area (TPSA) is 26.7 Å². The van der Waals surface area contributed by atoms with E-state index in [1.807, 2.05) is 24.3 Å². The van der Waals surface area contributed by atoms with E-state index in [-0.39, 0.29) is 6.04 Å². The van der Waals surface area contributed by atoms with Crippen molar-refractivity contribution in [2.24, 2.45) is 0 Å². The van der Waals surface area contributed by atoms with Gasteiger partial charge < -0.3 is 10.0 Å². The molecule has 0 saturated carbocycles. The highest BCUT2D eigenvalue weighted by atomic mass is 16.3. The van der Waals surface area contributed by atoms with E-state index in [0.717, 1.165) is 18.7 Å². The Morgan fingerprint density at radius 2 is 1.57 bits per heavy atom. The van der Waals surface area contributed by atoms with Crippen LogP contribution < -0.4 is 0 Å². The fraction of sp³-hybridized carbons (Fsp3) is 0.400. The van der Waals surface area contributed by atoms with Crippen LogP contribution >= 0.6 is 0 Å². The van der Waals surface area contributed by atoms with Gasteiger partial charge in [-0.1, -0.05) is 48.5 Å². The fourth-order valence-corrected chi connectivity index (χ4v) is 3.59. The Kier molecular flexibility index (Phi) is 4.69. The second-order valence-corrected chi connectivity index (χ2v) is 6.71. The van der Waals surface area contributed by atoms with E-state index in [1.54, 1.807) is 6.07 Å². The van der Waals surface area contributed by atoms with Gasteiger partial charge in [-0.2, -0.15) is 0 Å². The molecule has 3 atom stereocenters. The van der Waals surface area contributed by atoms with Crippen molar-refractivity contribution in [3.05, 3.63) is 65.7 Å². The van der Waals surface area contributed by atoms with E-state index in [4.69, 9.17) is 0 Å². The number of benzene rings is 2. The summed E-state index contributed by atoms with van der Waals surface area (Å²) >= 11 is 0. The smallest absolute Gasteiger partial charge is 0.120 e. The van der Waals surface area contributed by atoms with Crippen molar-refractivity contribution in [3.8, 4) is 5.75 Å². The van der Waals surface area contributed by atoms with Gasteiger partial charge in [-0.3, -0.25) is 4.90 Å². The Morgan fingerprint density at radius 3 is 2.26 bits per heavy atom. The van der Waals surface area contributed by atoms with Gasteiger partial charge in [-0.05, 0) is 32.5 Å². The van der Waals surface area contributed by atoms with Gasteiger partial charge in [0.15, 0.2) is 0 Å². The van der Waals surface area contributed by atoms with Crippen LogP contribution in [0.5, 0.6) is 5.75 Å². The molecule has 3 nitrogen and oxygen atoms in total. The number of aromatic hydroxyl groups is 1. The summed E-state index contributed by atoms with van der Waals surface area (Å²) in [7, 11) is 2.19. The van der Waals surface area contributed by atoms with Crippen LogP contribution in [0.3, 0.4) is 0 Å². The predicted octanol–water partition coefficient (Wildman–Crippen LogP) is 3.51. The Balaban J connectivity index is 2.04. The molecule has 1 N–H and O–H groups in total. The summed E-state index contributed by atoms with van der Waals surface area (Å²) in [4.78, 5) is 4.93. The zero-order valence-corrected chi connectivity index (χ0v) is 14.2. The Labute approximate surface area is 139 Å². The molecule has 1 saturated heterocycles. The van der Waals surface area contributed by atoms with Crippen LogP contribution in [0.25, 0.3) is 0 Å². The summed E-state index contributed by atoms with van der Waals surface area (Å²) in [6.45, 7) is 6.58. The lowest BCUT2D eigenvalue weighted by Crippen LogP contribution is -2.55. The summed E-state index contributed by atoms with van der Waals surface area (Å²) in [6, 6.07) is 19.3. The molecule has 2 aromatic carbocycles. The number of likely N-dealkylation sites (N-methyl/N-ethyl adjacent to an activating group) is 1. The molecule has 1 aliphatic rings. The molecule has 23 heavy (non-hydrogen) atoms. The second-order valence-electron chi connectivity index (χ2n) is 6.71. The van der Waals surface area contributed by atoms with E-state index < -0.39 is 0 Å². The lowest BCUT2D eigenvalue weighted by Gasteiger charge is -2.46. The van der Waals surface area contributed by atoms with Gasteiger partial charge in [-0.15, -0.1) is 0 Å². The van der Waals surface area contributed by atoms with E-state index in [9.17, 15) is 5.11 Å². The first kappa shape index (κ1) is 16.0. The molecule has 1 fully saturated rings. The molecule has 0 spiro atoms. The molecule has 1 aliphatic heterocycles.